The van der Waals surface area contributed by atoms with Crippen LogP contribution in [0.25, 0.3) is 22.3 Å². The molecule has 132 valence electrons. The Morgan fingerprint density at radius 1 is 1.16 bits per heavy atom. The Hall–Kier alpha value is -1.62. The molecule has 1 atom stereocenters. The van der Waals surface area contributed by atoms with Crippen molar-refractivity contribution in [3.8, 4) is 11.1 Å². The average molecular weight is 378 g/mol. The van der Waals surface area contributed by atoms with E-state index in [0.29, 0.717) is 16.7 Å². The van der Waals surface area contributed by atoms with E-state index in [1.807, 2.05) is 18.2 Å². The number of imidazole rings is 1. The number of hydrogen-bond donors (Lipinski definition) is 0. The number of benzene rings is 1. The Balaban J connectivity index is 2.25. The number of aryl methyl sites for hydroxylation is 1. The molecule has 0 aliphatic rings. The highest BCUT2D eigenvalue weighted by atomic mass is 35.5. The first-order chi connectivity index (χ1) is 12.1. The summed E-state index contributed by atoms with van der Waals surface area (Å²) < 4.78 is 7.60. The first-order valence-corrected chi connectivity index (χ1v) is 9.16. The molecular formula is C19H21Cl2N3O. The lowest BCUT2D eigenvalue weighted by Crippen LogP contribution is -2.16. The molecule has 25 heavy (non-hydrogen) atoms. The van der Waals surface area contributed by atoms with E-state index >= 15 is 0 Å². The largest absolute Gasteiger partial charge is 0.383 e. The normalized spacial score (nSPS) is 12.7. The maximum Gasteiger partial charge on any atom is 0.160 e. The van der Waals surface area contributed by atoms with Gasteiger partial charge in [0.05, 0.1) is 12.6 Å². The molecule has 2 aromatic heterocycles. The number of fused-ring (bicyclic) bond motifs is 1. The lowest BCUT2D eigenvalue weighted by Gasteiger charge is -2.18. The predicted octanol–water partition coefficient (Wildman–Crippen LogP) is 5.57. The number of nitrogens with zero attached hydrogens (tertiary/aromatic N) is 3. The van der Waals surface area contributed by atoms with Gasteiger partial charge in [0.15, 0.2) is 5.65 Å². The van der Waals surface area contributed by atoms with Gasteiger partial charge in [-0.25, -0.2) is 9.97 Å². The van der Waals surface area contributed by atoms with Crippen LogP contribution in [-0.4, -0.2) is 28.3 Å². The molecule has 6 heteroatoms. The Kier molecular flexibility index (Phi) is 5.62. The van der Waals surface area contributed by atoms with Crippen LogP contribution in [-0.2, 0) is 11.2 Å². The number of aromatic nitrogens is 3. The van der Waals surface area contributed by atoms with E-state index in [4.69, 9.17) is 32.9 Å². The van der Waals surface area contributed by atoms with Crippen molar-refractivity contribution in [2.75, 3.05) is 13.7 Å². The van der Waals surface area contributed by atoms with Gasteiger partial charge in [-0.2, -0.15) is 0 Å². The molecule has 3 aromatic rings. The van der Waals surface area contributed by atoms with Gasteiger partial charge in [-0.3, -0.25) is 0 Å². The summed E-state index contributed by atoms with van der Waals surface area (Å²) in [5, 5.41) is 1.22. The van der Waals surface area contributed by atoms with E-state index in [-0.39, 0.29) is 6.04 Å². The van der Waals surface area contributed by atoms with Crippen LogP contribution >= 0.6 is 23.2 Å². The molecule has 2 heterocycles. The summed E-state index contributed by atoms with van der Waals surface area (Å²) in [4.78, 5) is 9.49. The van der Waals surface area contributed by atoms with Crippen molar-refractivity contribution in [3.05, 3.63) is 46.3 Å². The highest BCUT2D eigenvalue weighted by Crippen LogP contribution is 2.35. The topological polar surface area (TPSA) is 39.9 Å². The van der Waals surface area contributed by atoms with Crippen LogP contribution in [0.1, 0.15) is 32.1 Å². The minimum Gasteiger partial charge on any atom is -0.383 e. The minimum atomic E-state index is 0.202. The molecule has 0 aliphatic heterocycles. The Labute approximate surface area is 157 Å². The molecule has 0 saturated heterocycles. The summed E-state index contributed by atoms with van der Waals surface area (Å²) in [6.45, 7) is 4.88. The minimum absolute atomic E-state index is 0.202. The predicted molar refractivity (Wildman–Crippen MR) is 104 cm³/mol. The highest BCUT2D eigenvalue weighted by Gasteiger charge is 2.21. The van der Waals surface area contributed by atoms with Gasteiger partial charge in [0.2, 0.25) is 0 Å². The molecule has 0 saturated carbocycles. The summed E-state index contributed by atoms with van der Waals surface area (Å²) in [7, 11) is 1.72. The van der Waals surface area contributed by atoms with Crippen LogP contribution in [0.15, 0.2) is 30.5 Å². The van der Waals surface area contributed by atoms with Crippen LogP contribution in [0, 0.1) is 0 Å². The average Bonchev–Trinajstić information content (AvgIpc) is 2.98. The second-order valence-electron chi connectivity index (χ2n) is 5.92. The second kappa shape index (κ2) is 7.73. The highest BCUT2D eigenvalue weighted by molar-refractivity contribution is 6.36. The first-order valence-electron chi connectivity index (χ1n) is 8.40. The molecule has 4 nitrogen and oxygen atoms in total. The summed E-state index contributed by atoms with van der Waals surface area (Å²) in [6.07, 6.45) is 3.57. The molecule has 1 unspecified atom stereocenters. The fourth-order valence-electron chi connectivity index (χ4n) is 3.16. The van der Waals surface area contributed by atoms with Crippen molar-refractivity contribution in [1.82, 2.24) is 14.5 Å². The van der Waals surface area contributed by atoms with Gasteiger partial charge in [-0.15, -0.1) is 0 Å². The SMILES string of the molecule is CCc1nc2c(-c3ccc(Cl)cc3Cl)ccnc2n1C(CC)COC. The molecule has 0 fully saturated rings. The smallest absolute Gasteiger partial charge is 0.160 e. The van der Waals surface area contributed by atoms with E-state index in [9.17, 15) is 0 Å². The Morgan fingerprint density at radius 2 is 1.96 bits per heavy atom. The summed E-state index contributed by atoms with van der Waals surface area (Å²) in [5.41, 5.74) is 3.60. The number of hydrogen-bond acceptors (Lipinski definition) is 3. The van der Waals surface area contributed by atoms with Crippen LogP contribution in [0.5, 0.6) is 0 Å². The number of pyridine rings is 1. The molecule has 3 rings (SSSR count). The van der Waals surface area contributed by atoms with E-state index in [2.05, 4.69) is 23.4 Å². The van der Waals surface area contributed by atoms with Gasteiger partial charge in [0, 0.05) is 40.9 Å². The number of ether oxygens (including phenoxy) is 1. The Morgan fingerprint density at radius 3 is 2.60 bits per heavy atom. The molecule has 0 amide bonds. The fourth-order valence-corrected chi connectivity index (χ4v) is 3.67. The third kappa shape index (κ3) is 3.39. The molecule has 0 spiro atoms. The van der Waals surface area contributed by atoms with E-state index in [1.165, 1.54) is 0 Å². The third-order valence-corrected chi connectivity index (χ3v) is 4.93. The van der Waals surface area contributed by atoms with Gasteiger partial charge < -0.3 is 9.30 Å². The van der Waals surface area contributed by atoms with Gasteiger partial charge in [-0.05, 0) is 24.6 Å². The lowest BCUT2D eigenvalue weighted by atomic mass is 10.1. The van der Waals surface area contributed by atoms with Gasteiger partial charge >= 0.3 is 0 Å². The number of halogens is 2. The zero-order chi connectivity index (χ0) is 18.0. The zero-order valence-electron chi connectivity index (χ0n) is 14.6. The maximum absolute atomic E-state index is 6.43. The monoisotopic (exact) mass is 377 g/mol. The van der Waals surface area contributed by atoms with Crippen molar-refractivity contribution >= 4 is 34.4 Å². The van der Waals surface area contributed by atoms with Gasteiger partial charge in [0.1, 0.15) is 11.3 Å². The summed E-state index contributed by atoms with van der Waals surface area (Å²) in [5.74, 6) is 1.00. The van der Waals surface area contributed by atoms with Crippen LogP contribution in [0.3, 0.4) is 0 Å². The van der Waals surface area contributed by atoms with Crippen LogP contribution in [0.2, 0.25) is 10.0 Å². The number of rotatable bonds is 6. The Bertz CT molecular complexity index is 892. The number of methoxy groups -OCH3 is 1. The molecule has 0 radical (unpaired) electrons. The van der Waals surface area contributed by atoms with Gasteiger partial charge in [0.25, 0.3) is 0 Å². The van der Waals surface area contributed by atoms with Crippen molar-refractivity contribution in [1.29, 1.82) is 0 Å². The van der Waals surface area contributed by atoms with Crippen molar-refractivity contribution in [2.45, 2.75) is 32.7 Å². The van der Waals surface area contributed by atoms with Gasteiger partial charge in [-0.1, -0.05) is 43.1 Å². The van der Waals surface area contributed by atoms with Crippen LogP contribution in [0.4, 0.5) is 0 Å². The third-order valence-electron chi connectivity index (χ3n) is 4.39. The summed E-state index contributed by atoms with van der Waals surface area (Å²) in [6, 6.07) is 7.67. The van der Waals surface area contributed by atoms with E-state index in [0.717, 1.165) is 41.0 Å². The second-order valence-corrected chi connectivity index (χ2v) is 6.77. The first kappa shape index (κ1) is 18.2. The van der Waals surface area contributed by atoms with Crippen LogP contribution < -0.4 is 0 Å². The zero-order valence-corrected chi connectivity index (χ0v) is 16.1. The molecular weight excluding hydrogens is 357 g/mol. The van der Waals surface area contributed by atoms with E-state index < -0.39 is 0 Å². The quantitative estimate of drug-likeness (QED) is 0.563. The molecule has 0 N–H and O–H groups in total. The molecule has 0 bridgehead atoms. The molecule has 0 aliphatic carbocycles. The lowest BCUT2D eigenvalue weighted by molar-refractivity contribution is 0.153. The maximum atomic E-state index is 6.43. The van der Waals surface area contributed by atoms with E-state index in [1.54, 1.807) is 19.4 Å². The molecule has 1 aromatic carbocycles. The standard InChI is InChI=1S/C19H21Cl2N3O/c1-4-13(11-25-3)24-17(5-2)23-18-15(8-9-22-19(18)24)14-7-6-12(20)10-16(14)21/h6-10,13H,4-5,11H2,1-3H3. The van der Waals surface area contributed by atoms with Crippen molar-refractivity contribution < 1.29 is 4.74 Å². The van der Waals surface area contributed by atoms with Crippen molar-refractivity contribution in [3.63, 3.8) is 0 Å². The van der Waals surface area contributed by atoms with Crippen molar-refractivity contribution in [2.24, 2.45) is 0 Å². The summed E-state index contributed by atoms with van der Waals surface area (Å²) >= 11 is 12.5. The fraction of sp³-hybridized carbons (Fsp3) is 0.368.